The van der Waals surface area contributed by atoms with E-state index in [0.29, 0.717) is 52.4 Å². The Labute approximate surface area is 363 Å². The average Bonchev–Trinajstić information content (AvgIpc) is 3.88. The smallest absolute Gasteiger partial charge is 0.278 e. The number of rotatable bonds is 10. The van der Waals surface area contributed by atoms with Gasteiger partial charge in [-0.25, -0.2) is 19.3 Å². The average molecular weight is 848 g/mol. The maximum absolute atomic E-state index is 13.5. The predicted molar refractivity (Wildman–Crippen MR) is 237 cm³/mol. The van der Waals surface area contributed by atoms with E-state index in [0.717, 1.165) is 99.0 Å². The molecule has 63 heavy (non-hydrogen) atoms. The molecule has 4 fully saturated rings. The van der Waals surface area contributed by atoms with Gasteiger partial charge in [-0.15, -0.1) is 6.58 Å². The second kappa shape index (κ2) is 15.0. The number of benzene rings is 2. The highest BCUT2D eigenvalue weighted by atomic mass is 16.2. The van der Waals surface area contributed by atoms with E-state index in [4.69, 9.17) is 9.97 Å². The van der Waals surface area contributed by atoms with Crippen LogP contribution in [0.1, 0.15) is 83.3 Å². The van der Waals surface area contributed by atoms with Crippen molar-refractivity contribution in [1.29, 1.82) is 0 Å². The molecule has 1 saturated carbocycles. The number of anilines is 4. The molecule has 2 atom stereocenters. The summed E-state index contributed by atoms with van der Waals surface area (Å²) in [7, 11) is 0. The molecule has 0 bridgehead atoms. The lowest BCUT2D eigenvalue weighted by molar-refractivity contribution is -0.136. The number of nitrogens with one attached hydrogen (secondary N) is 2. The second-order valence-electron chi connectivity index (χ2n) is 18.1. The SMILES string of the molecule is C=CCn1c(=O)c2cnc(Nc3ccc(N4CCN(C5CC6(C5)CN(c5ccc7c(c5)C(=O)N(C5CCC(=O)NC5=O)C7=O)C6)CC4)cc3)nc2n1-c1ccc2c(n1)C(CC)CC2. The Morgan fingerprint density at radius 2 is 1.62 bits per heavy atom. The second-order valence-corrected chi connectivity index (χ2v) is 18.1. The molecule has 5 aromatic rings. The van der Waals surface area contributed by atoms with Crippen molar-refractivity contribution in [3.8, 4) is 5.82 Å². The molecular formula is C47H49N11O5. The minimum atomic E-state index is -0.967. The first kappa shape index (κ1) is 39.2. The summed E-state index contributed by atoms with van der Waals surface area (Å²) in [4.78, 5) is 87.0. The number of piperidine rings is 1. The number of fused-ring (bicyclic) bond motifs is 3. The molecule has 2 aliphatic carbocycles. The first-order chi connectivity index (χ1) is 30.6. The number of allylic oxidation sites excluding steroid dienone is 1. The van der Waals surface area contributed by atoms with Crippen molar-refractivity contribution in [2.45, 2.75) is 76.4 Å². The molecule has 3 aromatic heterocycles. The van der Waals surface area contributed by atoms with Gasteiger partial charge in [0, 0.05) is 92.0 Å². The maximum Gasteiger partial charge on any atom is 0.278 e. The van der Waals surface area contributed by atoms with E-state index in [1.54, 1.807) is 33.8 Å². The summed E-state index contributed by atoms with van der Waals surface area (Å²) in [6.45, 7) is 12.1. The van der Waals surface area contributed by atoms with Gasteiger partial charge in [0.25, 0.3) is 17.4 Å². The molecule has 1 spiro atoms. The standard InChI is InChI=1S/C47H49N11O5/c1-3-17-56-43(61)36-25-48-46(52-41(36)58(56)38-15-7-29-6-5-28(4-2)40(29)50-38)49-30-8-10-31(11-9-30)53-18-20-54(21-19-53)33-23-47(24-33)26-55(27-47)32-12-13-34-35(22-32)45(63)57(44(34)62)37-14-16-39(59)51-42(37)60/h3,7-13,15,22,25,28,33,37H,1,4-6,14,16-21,23-24,26-27H2,2H3,(H,48,49,52)(H,51,59,60). The number of piperazine rings is 1. The van der Waals surface area contributed by atoms with Crippen LogP contribution in [0.5, 0.6) is 0 Å². The van der Waals surface area contributed by atoms with Crippen molar-refractivity contribution in [1.82, 2.24) is 39.4 Å². The summed E-state index contributed by atoms with van der Waals surface area (Å²) in [6.07, 6.45) is 8.96. The number of aryl methyl sites for hydroxylation is 1. The van der Waals surface area contributed by atoms with E-state index in [1.807, 2.05) is 24.3 Å². The number of pyridine rings is 1. The third-order valence-electron chi connectivity index (χ3n) is 14.3. The van der Waals surface area contributed by atoms with Gasteiger partial charge in [-0.3, -0.25) is 39.1 Å². The number of carbonyl (C=O) groups excluding carboxylic acids is 4. The lowest BCUT2D eigenvalue weighted by Crippen LogP contribution is -2.68. The van der Waals surface area contributed by atoms with Crippen molar-refractivity contribution in [3.05, 3.63) is 106 Å². The van der Waals surface area contributed by atoms with E-state index >= 15 is 0 Å². The van der Waals surface area contributed by atoms with Gasteiger partial charge in [-0.2, -0.15) is 4.98 Å². The van der Waals surface area contributed by atoms with Gasteiger partial charge < -0.3 is 15.1 Å². The zero-order valence-corrected chi connectivity index (χ0v) is 35.3. The first-order valence-corrected chi connectivity index (χ1v) is 22.2. The van der Waals surface area contributed by atoms with Crippen LogP contribution in [0.4, 0.5) is 23.0 Å². The highest BCUT2D eigenvalue weighted by molar-refractivity contribution is 6.23. The fraction of sp³-hybridized carbons (Fsp3) is 0.404. The Balaban J connectivity index is 0.693. The first-order valence-electron chi connectivity index (χ1n) is 22.2. The van der Waals surface area contributed by atoms with Crippen LogP contribution >= 0.6 is 0 Å². The van der Waals surface area contributed by atoms with Crippen LogP contribution < -0.4 is 26.0 Å². The fourth-order valence-electron chi connectivity index (χ4n) is 10.9. The molecular weight excluding hydrogens is 799 g/mol. The number of hydrogen-bond donors (Lipinski definition) is 2. The molecule has 3 saturated heterocycles. The third kappa shape index (κ3) is 6.52. The van der Waals surface area contributed by atoms with Crippen LogP contribution in [0.2, 0.25) is 0 Å². The van der Waals surface area contributed by atoms with Gasteiger partial charge in [0.2, 0.25) is 17.8 Å². The highest BCUT2D eigenvalue weighted by Gasteiger charge is 2.54. The zero-order valence-electron chi connectivity index (χ0n) is 35.3. The summed E-state index contributed by atoms with van der Waals surface area (Å²) >= 11 is 0. The van der Waals surface area contributed by atoms with E-state index < -0.39 is 23.8 Å². The van der Waals surface area contributed by atoms with Gasteiger partial charge in [-0.05, 0) is 92.6 Å². The molecule has 7 heterocycles. The van der Waals surface area contributed by atoms with Gasteiger partial charge in [0.05, 0.1) is 17.7 Å². The molecule has 0 radical (unpaired) electrons. The Morgan fingerprint density at radius 1 is 0.857 bits per heavy atom. The molecule has 16 nitrogen and oxygen atoms in total. The third-order valence-corrected chi connectivity index (χ3v) is 14.3. The summed E-state index contributed by atoms with van der Waals surface area (Å²) < 4.78 is 3.42. The lowest BCUT2D eigenvalue weighted by Gasteiger charge is -2.62. The monoisotopic (exact) mass is 847 g/mol. The summed E-state index contributed by atoms with van der Waals surface area (Å²) in [5.74, 6) is -0.468. The number of carbonyl (C=O) groups is 4. The number of aromatic nitrogens is 5. The van der Waals surface area contributed by atoms with Gasteiger partial charge in [0.1, 0.15) is 11.4 Å². The molecule has 11 rings (SSSR count). The van der Waals surface area contributed by atoms with E-state index in [1.165, 1.54) is 5.56 Å². The summed E-state index contributed by atoms with van der Waals surface area (Å²) in [5.41, 5.74) is 6.51. The topological polar surface area (TPSA) is 171 Å². The lowest BCUT2D eigenvalue weighted by atomic mass is 9.60. The summed E-state index contributed by atoms with van der Waals surface area (Å²) in [5, 5.41) is 6.03. The Bertz CT molecular complexity index is 2790. The van der Waals surface area contributed by atoms with Crippen molar-refractivity contribution < 1.29 is 19.2 Å². The number of imide groups is 2. The van der Waals surface area contributed by atoms with Gasteiger partial charge >= 0.3 is 0 Å². The Morgan fingerprint density at radius 3 is 2.37 bits per heavy atom. The maximum atomic E-state index is 13.5. The van der Waals surface area contributed by atoms with E-state index in [9.17, 15) is 24.0 Å². The van der Waals surface area contributed by atoms with Crippen LogP contribution in [0, 0.1) is 5.41 Å². The van der Waals surface area contributed by atoms with E-state index in [-0.39, 0.29) is 29.7 Å². The molecule has 2 unspecified atom stereocenters. The minimum absolute atomic E-state index is 0.0965. The molecule has 4 aliphatic heterocycles. The number of amides is 4. The number of nitrogens with zero attached hydrogens (tertiary/aromatic N) is 9. The molecule has 16 heteroatoms. The van der Waals surface area contributed by atoms with Crippen molar-refractivity contribution in [2.75, 3.05) is 54.4 Å². The molecule has 2 N–H and O–H groups in total. The molecule has 6 aliphatic rings. The normalized spacial score (nSPS) is 22.0. The quantitative estimate of drug-likeness (QED) is 0.149. The van der Waals surface area contributed by atoms with Crippen molar-refractivity contribution in [2.24, 2.45) is 5.41 Å². The van der Waals surface area contributed by atoms with Crippen molar-refractivity contribution in [3.63, 3.8) is 0 Å². The van der Waals surface area contributed by atoms with Crippen LogP contribution in [0.15, 0.2) is 78.2 Å². The summed E-state index contributed by atoms with van der Waals surface area (Å²) in [6, 6.07) is 17.4. The molecule has 2 aromatic carbocycles. The zero-order chi connectivity index (χ0) is 43.1. The van der Waals surface area contributed by atoms with Crippen LogP contribution in [0.25, 0.3) is 16.9 Å². The largest absolute Gasteiger partial charge is 0.370 e. The molecule has 322 valence electrons. The van der Waals surface area contributed by atoms with Crippen LogP contribution in [0.3, 0.4) is 0 Å². The van der Waals surface area contributed by atoms with Crippen LogP contribution in [-0.2, 0) is 22.6 Å². The van der Waals surface area contributed by atoms with Gasteiger partial charge in [0.15, 0.2) is 11.5 Å². The Kier molecular flexibility index (Phi) is 9.33. The predicted octanol–water partition coefficient (Wildman–Crippen LogP) is 4.54. The van der Waals surface area contributed by atoms with Gasteiger partial charge in [-0.1, -0.05) is 19.1 Å². The van der Waals surface area contributed by atoms with Crippen molar-refractivity contribution >= 4 is 57.7 Å². The number of hydrogen-bond acceptors (Lipinski definition) is 12. The van der Waals surface area contributed by atoms with E-state index in [2.05, 4.69) is 62.0 Å². The molecule has 4 amide bonds. The minimum Gasteiger partial charge on any atom is -0.370 e. The van der Waals surface area contributed by atoms with Crippen LogP contribution in [-0.4, -0.2) is 109 Å². The fourth-order valence-corrected chi connectivity index (χ4v) is 10.9. The Hall–Kier alpha value is -6.68. The highest BCUT2D eigenvalue weighted by Crippen LogP contribution is 2.52.